The Balaban J connectivity index is 2.47. The summed E-state index contributed by atoms with van der Waals surface area (Å²) in [7, 11) is 0. The molecule has 2 aromatic rings. The molecule has 0 spiro atoms. The molecule has 0 bridgehead atoms. The highest BCUT2D eigenvalue weighted by molar-refractivity contribution is 5.92. The Morgan fingerprint density at radius 3 is 2.43 bits per heavy atom. The molecule has 1 N–H and O–H groups in total. The Bertz CT molecular complexity index is 757. The number of fused-ring (bicyclic) bond motifs is 1. The summed E-state index contributed by atoms with van der Waals surface area (Å²) in [5, 5.41) is 1.39. The normalized spacial score (nSPS) is 12.2. The molecule has 0 unspecified atom stereocenters. The quantitative estimate of drug-likeness (QED) is 0.835. The van der Waals surface area contributed by atoms with Crippen molar-refractivity contribution in [1.82, 2.24) is 0 Å². The zero-order valence-electron chi connectivity index (χ0n) is 12.7. The number of halogens is 3. The highest BCUT2D eigenvalue weighted by atomic mass is 19.2. The number of anilines is 1. The van der Waals surface area contributed by atoms with Crippen LogP contribution in [0.2, 0.25) is 0 Å². The molecular weight excluding hydrogens is 283 g/mol. The van der Waals surface area contributed by atoms with Gasteiger partial charge in [0, 0.05) is 10.8 Å². The molecule has 3 nitrogen and oxygen atoms in total. The smallest absolute Gasteiger partial charge is 0.412 e. The van der Waals surface area contributed by atoms with Gasteiger partial charge in [-0.05, 0) is 45.0 Å². The number of amides is 1. The molecule has 0 saturated carbocycles. The molecule has 2 rings (SSSR count). The van der Waals surface area contributed by atoms with E-state index in [4.69, 9.17) is 6.11 Å². The second-order valence-corrected chi connectivity index (χ2v) is 5.43. The average Bonchev–Trinajstić information content (AvgIpc) is 2.36. The lowest BCUT2D eigenvalue weighted by atomic mass is 10.1. The van der Waals surface area contributed by atoms with Gasteiger partial charge in [0.05, 0.1) is 7.06 Å². The minimum absolute atomic E-state index is 0.294. The van der Waals surface area contributed by atoms with Crippen LogP contribution in [-0.4, -0.2) is 11.7 Å². The number of hydrogen-bond acceptors (Lipinski definition) is 2. The molecule has 2 aromatic carbocycles. The van der Waals surface area contributed by atoms with E-state index in [0.29, 0.717) is 0 Å². The lowest BCUT2D eigenvalue weighted by Crippen LogP contribution is -2.27. The van der Waals surface area contributed by atoms with Crippen LogP contribution in [0.3, 0.4) is 0 Å². The van der Waals surface area contributed by atoms with E-state index in [1.54, 1.807) is 20.8 Å². The number of nitrogens with one attached hydrogen (secondary N) is 1. The Morgan fingerprint density at radius 1 is 1.14 bits per heavy atom. The summed E-state index contributed by atoms with van der Waals surface area (Å²) in [6.45, 7) is 4.91. The Labute approximate surface area is 121 Å². The first-order valence-corrected chi connectivity index (χ1v) is 6.17. The molecule has 0 heterocycles. The van der Waals surface area contributed by atoms with Crippen molar-refractivity contribution in [1.29, 1.82) is 0 Å². The van der Waals surface area contributed by atoms with Crippen LogP contribution < -0.4 is 5.32 Å². The van der Waals surface area contributed by atoms with E-state index in [2.05, 4.69) is 5.32 Å². The van der Waals surface area contributed by atoms with Crippen LogP contribution in [0.1, 0.15) is 22.1 Å². The lowest BCUT2D eigenvalue weighted by molar-refractivity contribution is 0.0635. The maximum absolute atomic E-state index is 14.3. The van der Waals surface area contributed by atoms with Crippen molar-refractivity contribution in [3.8, 4) is 0 Å². The fourth-order valence-corrected chi connectivity index (χ4v) is 1.73. The van der Waals surface area contributed by atoms with Crippen molar-refractivity contribution in [2.45, 2.75) is 26.4 Å². The molecule has 0 aliphatic heterocycles. The minimum atomic E-state index is -1.30. The second-order valence-electron chi connectivity index (χ2n) is 5.43. The van der Waals surface area contributed by atoms with Crippen LogP contribution in [0.15, 0.2) is 24.2 Å². The maximum Gasteiger partial charge on any atom is 0.412 e. The fraction of sp³-hybridized carbons (Fsp3) is 0.267. The third-order valence-corrected chi connectivity index (χ3v) is 2.56. The van der Waals surface area contributed by atoms with E-state index in [-0.39, 0.29) is 11.1 Å². The van der Waals surface area contributed by atoms with Gasteiger partial charge in [-0.1, -0.05) is 0 Å². The predicted octanol–water partition coefficient (Wildman–Crippen LogP) is 4.60. The second kappa shape index (κ2) is 5.27. The molecule has 21 heavy (non-hydrogen) atoms. The van der Waals surface area contributed by atoms with Gasteiger partial charge in [-0.3, -0.25) is 5.32 Å². The summed E-state index contributed by atoms with van der Waals surface area (Å²) in [6, 6.07) is 2.24. The zero-order valence-corrected chi connectivity index (χ0v) is 11.7. The van der Waals surface area contributed by atoms with Crippen molar-refractivity contribution in [2.24, 2.45) is 0 Å². The highest BCUT2D eigenvalue weighted by Gasteiger charge is 2.19. The van der Waals surface area contributed by atoms with E-state index < -0.39 is 40.6 Å². The van der Waals surface area contributed by atoms with Gasteiger partial charge in [-0.25, -0.2) is 18.0 Å². The Hall–Kier alpha value is -2.24. The van der Waals surface area contributed by atoms with Gasteiger partial charge in [0.15, 0.2) is 17.5 Å². The van der Waals surface area contributed by atoms with Gasteiger partial charge in [0.2, 0.25) is 0 Å². The molecule has 0 fully saturated rings. The molecule has 0 aliphatic rings. The van der Waals surface area contributed by atoms with E-state index in [9.17, 15) is 18.0 Å². The SMILES string of the molecule is [2H]c1cc(NC(=O)OC(C)(C)C)c(F)c2ccc(F)c(F)c12. The van der Waals surface area contributed by atoms with E-state index in [1.165, 1.54) is 0 Å². The van der Waals surface area contributed by atoms with E-state index in [1.807, 2.05) is 0 Å². The van der Waals surface area contributed by atoms with Gasteiger partial charge in [-0.15, -0.1) is 0 Å². The van der Waals surface area contributed by atoms with Crippen molar-refractivity contribution in [2.75, 3.05) is 5.32 Å². The first-order chi connectivity index (χ1) is 10.1. The van der Waals surface area contributed by atoms with Crippen LogP contribution in [0.5, 0.6) is 0 Å². The number of hydrogen-bond donors (Lipinski definition) is 1. The third-order valence-electron chi connectivity index (χ3n) is 2.56. The third kappa shape index (κ3) is 3.26. The van der Waals surface area contributed by atoms with E-state index >= 15 is 0 Å². The van der Waals surface area contributed by atoms with Crippen molar-refractivity contribution in [3.63, 3.8) is 0 Å². The van der Waals surface area contributed by atoms with Crippen molar-refractivity contribution < 1.29 is 24.1 Å². The molecule has 1 amide bonds. The summed E-state index contributed by atoms with van der Waals surface area (Å²) in [6.07, 6.45) is -0.910. The molecule has 0 saturated heterocycles. The largest absolute Gasteiger partial charge is 0.444 e. The molecule has 0 radical (unpaired) electrons. The topological polar surface area (TPSA) is 38.3 Å². The number of ether oxygens (including phenoxy) is 1. The van der Waals surface area contributed by atoms with Crippen molar-refractivity contribution >= 4 is 22.6 Å². The van der Waals surface area contributed by atoms with Gasteiger partial charge in [0.25, 0.3) is 0 Å². The van der Waals surface area contributed by atoms with Gasteiger partial charge in [-0.2, -0.15) is 0 Å². The monoisotopic (exact) mass is 298 g/mol. The van der Waals surface area contributed by atoms with Gasteiger partial charge in [0.1, 0.15) is 5.60 Å². The van der Waals surface area contributed by atoms with Crippen LogP contribution in [-0.2, 0) is 4.74 Å². The Kier molecular flexibility index (Phi) is 3.45. The van der Waals surface area contributed by atoms with Crippen LogP contribution >= 0.6 is 0 Å². The molecule has 6 heteroatoms. The summed E-state index contributed by atoms with van der Waals surface area (Å²) in [4.78, 5) is 11.7. The number of benzene rings is 2. The van der Waals surface area contributed by atoms with Gasteiger partial charge < -0.3 is 4.74 Å². The summed E-state index contributed by atoms with van der Waals surface area (Å²) in [5.74, 6) is -3.44. The Morgan fingerprint density at radius 2 is 1.81 bits per heavy atom. The minimum Gasteiger partial charge on any atom is -0.444 e. The van der Waals surface area contributed by atoms with Gasteiger partial charge >= 0.3 is 6.09 Å². The lowest BCUT2D eigenvalue weighted by Gasteiger charge is -2.20. The van der Waals surface area contributed by atoms with Crippen LogP contribution in [0.25, 0.3) is 10.8 Å². The molecule has 0 atom stereocenters. The van der Waals surface area contributed by atoms with Crippen LogP contribution in [0, 0.1) is 17.5 Å². The zero-order chi connectivity index (χ0) is 16.7. The summed E-state index contributed by atoms with van der Waals surface area (Å²) < 4.78 is 53.9. The van der Waals surface area contributed by atoms with Crippen LogP contribution in [0.4, 0.5) is 23.7 Å². The predicted molar refractivity (Wildman–Crippen MR) is 73.7 cm³/mol. The van der Waals surface area contributed by atoms with Crippen molar-refractivity contribution in [3.05, 3.63) is 41.7 Å². The highest BCUT2D eigenvalue weighted by Crippen LogP contribution is 2.28. The number of carbonyl (C=O) groups is 1. The number of carbonyl (C=O) groups excluding carboxylic acids is 1. The fourth-order valence-electron chi connectivity index (χ4n) is 1.73. The number of rotatable bonds is 1. The first-order valence-electron chi connectivity index (χ1n) is 6.67. The maximum atomic E-state index is 14.3. The van der Waals surface area contributed by atoms with E-state index in [0.717, 1.165) is 18.2 Å². The summed E-state index contributed by atoms with van der Waals surface area (Å²) in [5.41, 5.74) is -1.12. The molecule has 0 aliphatic carbocycles. The first kappa shape index (κ1) is 13.7. The molecule has 0 aromatic heterocycles. The average molecular weight is 298 g/mol. The molecule has 112 valence electrons. The molecular formula is C15H14F3NO2. The standard InChI is InChI=1S/C15H14F3NO2/c1-15(2,3)21-14(20)19-11-7-5-8-9(13(11)18)4-6-10(16)12(8)17/h4-7H,1-3H3,(H,19,20)/i5D. The summed E-state index contributed by atoms with van der Waals surface area (Å²) >= 11 is 0.